The largest absolute Gasteiger partial charge is 0.352 e. The second-order valence-electron chi connectivity index (χ2n) is 5.59. The second-order valence-corrected chi connectivity index (χ2v) is 7.16. The minimum Gasteiger partial charge on any atom is -0.352 e. The SMILES string of the molecule is CCc1sc(C(=O)NNC(=O)CCNC(=O)c2ccc(Cl)cc2)cc1C. The molecule has 0 unspecified atom stereocenters. The van der Waals surface area contributed by atoms with Crippen LogP contribution in [0.15, 0.2) is 30.3 Å². The number of hydrogen-bond acceptors (Lipinski definition) is 4. The Morgan fingerprint density at radius 2 is 1.77 bits per heavy atom. The Labute approximate surface area is 160 Å². The third-order valence-corrected chi connectivity index (χ3v) is 5.26. The van der Waals surface area contributed by atoms with E-state index in [4.69, 9.17) is 11.6 Å². The molecule has 26 heavy (non-hydrogen) atoms. The maximum Gasteiger partial charge on any atom is 0.279 e. The summed E-state index contributed by atoms with van der Waals surface area (Å²) in [6.07, 6.45) is 0.909. The molecule has 0 saturated heterocycles. The van der Waals surface area contributed by atoms with E-state index in [1.165, 1.54) is 11.3 Å². The van der Waals surface area contributed by atoms with Crippen molar-refractivity contribution in [1.29, 1.82) is 0 Å². The number of rotatable bonds is 6. The van der Waals surface area contributed by atoms with Gasteiger partial charge in [-0.2, -0.15) is 0 Å². The summed E-state index contributed by atoms with van der Waals surface area (Å²) in [5.74, 6) is -1.03. The van der Waals surface area contributed by atoms with Gasteiger partial charge in [0.25, 0.3) is 11.8 Å². The topological polar surface area (TPSA) is 87.3 Å². The maximum atomic E-state index is 12.0. The average molecular weight is 394 g/mol. The lowest BCUT2D eigenvalue weighted by molar-refractivity contribution is -0.121. The van der Waals surface area contributed by atoms with E-state index in [2.05, 4.69) is 16.2 Å². The molecule has 2 rings (SSSR count). The molecule has 3 N–H and O–H groups in total. The number of hydrogen-bond donors (Lipinski definition) is 3. The van der Waals surface area contributed by atoms with Crippen molar-refractivity contribution >= 4 is 40.7 Å². The molecule has 0 atom stereocenters. The Kier molecular flexibility index (Phi) is 7.17. The first-order valence-corrected chi connectivity index (χ1v) is 9.32. The fourth-order valence-corrected chi connectivity index (χ4v) is 3.36. The van der Waals surface area contributed by atoms with Crippen LogP contribution >= 0.6 is 22.9 Å². The van der Waals surface area contributed by atoms with Gasteiger partial charge in [-0.3, -0.25) is 25.2 Å². The van der Waals surface area contributed by atoms with Crippen LogP contribution in [0.5, 0.6) is 0 Å². The predicted molar refractivity (Wildman–Crippen MR) is 102 cm³/mol. The van der Waals surface area contributed by atoms with Crippen LogP contribution in [0.25, 0.3) is 0 Å². The molecular weight excluding hydrogens is 374 g/mol. The standard InChI is InChI=1S/C18H20ClN3O3S/c1-3-14-11(2)10-15(26-14)18(25)22-21-16(23)8-9-20-17(24)12-4-6-13(19)7-5-12/h4-7,10H,3,8-9H2,1-2H3,(H,20,24)(H,21,23)(H,22,25). The van der Waals surface area contributed by atoms with Crippen molar-refractivity contribution in [1.82, 2.24) is 16.2 Å². The van der Waals surface area contributed by atoms with Gasteiger partial charge in [-0.25, -0.2) is 0 Å². The molecule has 0 aliphatic carbocycles. The van der Waals surface area contributed by atoms with Crippen molar-refractivity contribution in [3.8, 4) is 0 Å². The van der Waals surface area contributed by atoms with Gasteiger partial charge in [0, 0.05) is 28.4 Å². The van der Waals surface area contributed by atoms with E-state index in [9.17, 15) is 14.4 Å². The van der Waals surface area contributed by atoms with E-state index in [-0.39, 0.29) is 24.8 Å². The summed E-state index contributed by atoms with van der Waals surface area (Å²) in [7, 11) is 0. The van der Waals surface area contributed by atoms with Gasteiger partial charge in [0.1, 0.15) is 0 Å². The third-order valence-electron chi connectivity index (χ3n) is 3.62. The monoisotopic (exact) mass is 393 g/mol. The smallest absolute Gasteiger partial charge is 0.279 e. The lowest BCUT2D eigenvalue weighted by Gasteiger charge is -2.07. The quantitative estimate of drug-likeness (QED) is 0.659. The Bertz CT molecular complexity index is 803. The highest BCUT2D eigenvalue weighted by Crippen LogP contribution is 2.21. The van der Waals surface area contributed by atoms with E-state index >= 15 is 0 Å². The zero-order chi connectivity index (χ0) is 19.1. The van der Waals surface area contributed by atoms with Crippen LogP contribution in [0.1, 0.15) is 43.8 Å². The first-order valence-electron chi connectivity index (χ1n) is 8.13. The highest BCUT2D eigenvalue weighted by atomic mass is 35.5. The molecule has 0 aliphatic heterocycles. The average Bonchev–Trinajstić information content (AvgIpc) is 3.01. The van der Waals surface area contributed by atoms with Crippen LogP contribution in [0.4, 0.5) is 0 Å². The molecule has 6 nitrogen and oxygen atoms in total. The molecule has 0 fully saturated rings. The summed E-state index contributed by atoms with van der Waals surface area (Å²) >= 11 is 7.18. The minimum atomic E-state index is -0.390. The van der Waals surface area contributed by atoms with E-state index in [1.807, 2.05) is 13.8 Å². The summed E-state index contributed by atoms with van der Waals surface area (Å²) < 4.78 is 0. The summed E-state index contributed by atoms with van der Waals surface area (Å²) in [6, 6.07) is 8.25. The number of thiophene rings is 1. The Morgan fingerprint density at radius 1 is 1.08 bits per heavy atom. The second kappa shape index (κ2) is 9.35. The lowest BCUT2D eigenvalue weighted by Crippen LogP contribution is -2.42. The molecular formula is C18H20ClN3O3S. The number of benzene rings is 1. The van der Waals surface area contributed by atoms with Crippen molar-refractivity contribution in [2.24, 2.45) is 0 Å². The number of halogens is 1. The van der Waals surface area contributed by atoms with Crippen molar-refractivity contribution in [2.45, 2.75) is 26.7 Å². The van der Waals surface area contributed by atoms with Crippen LogP contribution in [0.2, 0.25) is 5.02 Å². The summed E-state index contributed by atoms with van der Waals surface area (Å²) in [6.45, 7) is 4.13. The fraction of sp³-hybridized carbons (Fsp3) is 0.278. The Morgan fingerprint density at radius 3 is 2.38 bits per heavy atom. The van der Waals surface area contributed by atoms with Crippen LogP contribution in [0.3, 0.4) is 0 Å². The van der Waals surface area contributed by atoms with Gasteiger partial charge >= 0.3 is 0 Å². The highest BCUT2D eigenvalue weighted by molar-refractivity contribution is 7.14. The van der Waals surface area contributed by atoms with E-state index in [0.29, 0.717) is 15.5 Å². The van der Waals surface area contributed by atoms with Crippen LogP contribution in [-0.2, 0) is 11.2 Å². The number of aryl methyl sites for hydroxylation is 2. The zero-order valence-electron chi connectivity index (χ0n) is 14.5. The zero-order valence-corrected chi connectivity index (χ0v) is 16.1. The molecule has 0 aliphatic rings. The Balaban J connectivity index is 1.72. The van der Waals surface area contributed by atoms with E-state index in [0.717, 1.165) is 16.9 Å². The summed E-state index contributed by atoms with van der Waals surface area (Å²) in [5.41, 5.74) is 6.26. The van der Waals surface area contributed by atoms with Crippen LogP contribution in [-0.4, -0.2) is 24.3 Å². The number of nitrogens with one attached hydrogen (secondary N) is 3. The molecule has 8 heteroatoms. The van der Waals surface area contributed by atoms with Crippen molar-refractivity contribution in [2.75, 3.05) is 6.54 Å². The van der Waals surface area contributed by atoms with Gasteiger partial charge in [-0.05, 0) is 49.2 Å². The minimum absolute atomic E-state index is 0.0449. The molecule has 2 aromatic rings. The highest BCUT2D eigenvalue weighted by Gasteiger charge is 2.12. The molecule has 0 saturated carbocycles. The van der Waals surface area contributed by atoms with Gasteiger partial charge in [0.2, 0.25) is 5.91 Å². The molecule has 0 bridgehead atoms. The molecule has 1 heterocycles. The number of amides is 3. The lowest BCUT2D eigenvalue weighted by atomic mass is 10.2. The molecule has 138 valence electrons. The van der Waals surface area contributed by atoms with Gasteiger partial charge in [0.05, 0.1) is 4.88 Å². The molecule has 0 radical (unpaired) electrons. The summed E-state index contributed by atoms with van der Waals surface area (Å²) in [5, 5.41) is 3.18. The summed E-state index contributed by atoms with van der Waals surface area (Å²) in [4.78, 5) is 37.4. The molecule has 1 aromatic carbocycles. The van der Waals surface area contributed by atoms with Crippen molar-refractivity contribution in [3.63, 3.8) is 0 Å². The van der Waals surface area contributed by atoms with Crippen LogP contribution in [0, 0.1) is 6.92 Å². The predicted octanol–water partition coefficient (Wildman–Crippen LogP) is 2.85. The Hall–Kier alpha value is -2.38. The first-order chi connectivity index (χ1) is 12.4. The van der Waals surface area contributed by atoms with Gasteiger partial charge in [-0.15, -0.1) is 11.3 Å². The van der Waals surface area contributed by atoms with E-state index < -0.39 is 5.91 Å². The first kappa shape index (κ1) is 19.9. The molecule has 1 aromatic heterocycles. The maximum absolute atomic E-state index is 12.0. The van der Waals surface area contributed by atoms with Gasteiger partial charge in [0.15, 0.2) is 0 Å². The molecule has 3 amide bonds. The number of carbonyl (C=O) groups excluding carboxylic acids is 3. The van der Waals surface area contributed by atoms with Gasteiger partial charge in [-0.1, -0.05) is 18.5 Å². The van der Waals surface area contributed by atoms with Crippen LogP contribution < -0.4 is 16.2 Å². The number of carbonyl (C=O) groups is 3. The van der Waals surface area contributed by atoms with Crippen molar-refractivity contribution < 1.29 is 14.4 Å². The molecule has 0 spiro atoms. The fourth-order valence-electron chi connectivity index (χ4n) is 2.23. The van der Waals surface area contributed by atoms with Gasteiger partial charge < -0.3 is 5.32 Å². The van der Waals surface area contributed by atoms with Crippen molar-refractivity contribution in [3.05, 3.63) is 56.2 Å². The van der Waals surface area contributed by atoms with E-state index in [1.54, 1.807) is 30.3 Å². The third kappa shape index (κ3) is 5.57. The normalized spacial score (nSPS) is 10.3. The number of hydrazine groups is 1.